The van der Waals surface area contributed by atoms with Gasteiger partial charge in [-0.2, -0.15) is 0 Å². The highest BCUT2D eigenvalue weighted by Crippen LogP contribution is 2.11. The minimum absolute atomic E-state index is 0.630. The Bertz CT molecular complexity index is 531. The Morgan fingerprint density at radius 1 is 1.24 bits per heavy atom. The van der Waals surface area contributed by atoms with Gasteiger partial charge in [0.2, 0.25) is 0 Å². The van der Waals surface area contributed by atoms with Gasteiger partial charge >= 0.3 is 0 Å². The highest BCUT2D eigenvalue weighted by atomic mass is 14.9. The van der Waals surface area contributed by atoms with Crippen molar-refractivity contribution in [3.8, 4) is 0 Å². The number of rotatable bonds is 4. The van der Waals surface area contributed by atoms with Crippen molar-refractivity contribution >= 4 is 11.4 Å². The molecule has 0 aliphatic rings. The lowest BCUT2D eigenvalue weighted by Crippen LogP contribution is -1.97. The van der Waals surface area contributed by atoms with Crippen molar-refractivity contribution in [2.45, 2.75) is 6.92 Å². The fraction of sp³-hybridized carbons (Fsp3) is 0.0833. The van der Waals surface area contributed by atoms with Gasteiger partial charge in [-0.05, 0) is 13.0 Å². The second-order valence-electron chi connectivity index (χ2n) is 3.37. The summed E-state index contributed by atoms with van der Waals surface area (Å²) in [6.07, 6.45) is 10.4. The molecular formula is C12H13N5. The fourth-order valence-corrected chi connectivity index (χ4v) is 1.36. The zero-order valence-electron chi connectivity index (χ0n) is 9.51. The predicted octanol–water partition coefficient (Wildman–Crippen LogP) is 2.17. The van der Waals surface area contributed by atoms with Crippen LogP contribution in [0.2, 0.25) is 0 Å². The molecule has 0 spiro atoms. The Kier molecular flexibility index (Phi) is 3.30. The van der Waals surface area contributed by atoms with Crippen molar-refractivity contribution in [1.29, 1.82) is 0 Å². The van der Waals surface area contributed by atoms with Crippen molar-refractivity contribution in [2.24, 2.45) is 4.99 Å². The van der Waals surface area contributed by atoms with Gasteiger partial charge in [0.1, 0.15) is 0 Å². The largest absolute Gasteiger partial charge is 0.343 e. The lowest BCUT2D eigenvalue weighted by Gasteiger charge is -2.00. The van der Waals surface area contributed by atoms with Gasteiger partial charge in [-0.15, -0.1) is 0 Å². The second-order valence-corrected chi connectivity index (χ2v) is 3.37. The van der Waals surface area contributed by atoms with Gasteiger partial charge in [0, 0.05) is 0 Å². The summed E-state index contributed by atoms with van der Waals surface area (Å²) >= 11 is 0. The number of allylic oxidation sites excluding steroid dienone is 2. The molecule has 0 aliphatic heterocycles. The van der Waals surface area contributed by atoms with E-state index in [2.05, 4.69) is 31.5 Å². The van der Waals surface area contributed by atoms with Crippen LogP contribution in [-0.2, 0) is 0 Å². The van der Waals surface area contributed by atoms with E-state index in [1.54, 1.807) is 25.0 Å². The molecule has 0 aliphatic carbocycles. The monoisotopic (exact) mass is 227 g/mol. The van der Waals surface area contributed by atoms with E-state index in [1.165, 1.54) is 0 Å². The zero-order valence-corrected chi connectivity index (χ0v) is 9.51. The van der Waals surface area contributed by atoms with Gasteiger partial charge in [-0.1, -0.05) is 12.7 Å². The summed E-state index contributed by atoms with van der Waals surface area (Å²) in [4.78, 5) is 18.3. The van der Waals surface area contributed by atoms with Crippen molar-refractivity contribution in [3.63, 3.8) is 0 Å². The van der Waals surface area contributed by atoms with E-state index in [0.717, 1.165) is 17.1 Å². The van der Waals surface area contributed by atoms with Crippen LogP contribution in [-0.4, -0.2) is 25.6 Å². The van der Waals surface area contributed by atoms with Crippen LogP contribution in [0.5, 0.6) is 0 Å². The molecular weight excluding hydrogens is 214 g/mol. The topological polar surface area (TPSA) is 69.7 Å². The zero-order chi connectivity index (χ0) is 12.1. The van der Waals surface area contributed by atoms with Gasteiger partial charge in [0.25, 0.3) is 0 Å². The van der Waals surface area contributed by atoms with Gasteiger partial charge in [0.15, 0.2) is 0 Å². The van der Waals surface area contributed by atoms with Crippen molar-refractivity contribution < 1.29 is 0 Å². The van der Waals surface area contributed by atoms with Gasteiger partial charge < -0.3 is 9.97 Å². The lowest BCUT2D eigenvalue weighted by atomic mass is 10.2. The van der Waals surface area contributed by atoms with Gasteiger partial charge in [0.05, 0.1) is 47.8 Å². The van der Waals surface area contributed by atoms with Crippen LogP contribution >= 0.6 is 0 Å². The third-order valence-electron chi connectivity index (χ3n) is 2.16. The molecule has 0 amide bonds. The van der Waals surface area contributed by atoms with Crippen molar-refractivity contribution in [2.75, 3.05) is 0 Å². The van der Waals surface area contributed by atoms with E-state index in [9.17, 15) is 0 Å². The number of hydrogen-bond acceptors (Lipinski definition) is 3. The molecule has 2 aromatic rings. The van der Waals surface area contributed by atoms with Crippen molar-refractivity contribution in [3.05, 3.63) is 55.2 Å². The molecule has 2 heterocycles. The van der Waals surface area contributed by atoms with E-state index >= 15 is 0 Å². The number of aromatic amines is 2. The average molecular weight is 227 g/mol. The summed E-state index contributed by atoms with van der Waals surface area (Å²) in [6, 6.07) is 0. The minimum atomic E-state index is 0.630. The SMILES string of the molecule is C=C(N=C(/C=C\C)c1cnc[nH]1)c1cnc[nH]1. The first-order valence-electron chi connectivity index (χ1n) is 5.19. The van der Waals surface area contributed by atoms with Crippen LogP contribution in [0.4, 0.5) is 0 Å². The number of aromatic nitrogens is 4. The second kappa shape index (κ2) is 5.07. The van der Waals surface area contributed by atoms with Crippen molar-refractivity contribution in [1.82, 2.24) is 19.9 Å². The van der Waals surface area contributed by atoms with Crippen LogP contribution in [0, 0.1) is 0 Å². The first kappa shape index (κ1) is 11.1. The molecule has 0 radical (unpaired) electrons. The van der Waals surface area contributed by atoms with E-state index in [-0.39, 0.29) is 0 Å². The Hall–Kier alpha value is -2.43. The molecule has 0 saturated heterocycles. The van der Waals surface area contributed by atoms with Gasteiger partial charge in [-0.25, -0.2) is 15.0 Å². The molecule has 5 nitrogen and oxygen atoms in total. The summed E-state index contributed by atoms with van der Waals surface area (Å²) in [6.45, 7) is 5.84. The van der Waals surface area contributed by atoms with Crippen LogP contribution in [0.1, 0.15) is 18.3 Å². The average Bonchev–Trinajstić information content (AvgIpc) is 3.01. The molecule has 17 heavy (non-hydrogen) atoms. The van der Waals surface area contributed by atoms with Crippen LogP contribution in [0.25, 0.3) is 5.70 Å². The predicted molar refractivity (Wildman–Crippen MR) is 67.6 cm³/mol. The van der Waals surface area contributed by atoms with Crippen LogP contribution in [0.3, 0.4) is 0 Å². The van der Waals surface area contributed by atoms with Crippen LogP contribution < -0.4 is 0 Å². The maximum atomic E-state index is 4.44. The summed E-state index contributed by atoms with van der Waals surface area (Å²) < 4.78 is 0. The van der Waals surface area contributed by atoms with E-state index < -0.39 is 0 Å². The number of nitrogens with one attached hydrogen (secondary N) is 2. The number of nitrogens with zero attached hydrogens (tertiary/aromatic N) is 3. The highest BCUT2D eigenvalue weighted by Gasteiger charge is 2.04. The summed E-state index contributed by atoms with van der Waals surface area (Å²) in [7, 11) is 0. The highest BCUT2D eigenvalue weighted by molar-refractivity contribution is 6.09. The molecule has 0 saturated carbocycles. The normalized spacial score (nSPS) is 12.2. The molecule has 5 heteroatoms. The Balaban J connectivity index is 2.31. The lowest BCUT2D eigenvalue weighted by molar-refractivity contribution is 1.29. The molecule has 86 valence electrons. The molecule has 0 fully saturated rings. The summed E-state index contributed by atoms with van der Waals surface area (Å²) in [5, 5.41) is 0. The number of H-pyrrole nitrogens is 2. The van der Waals surface area contributed by atoms with E-state index in [4.69, 9.17) is 0 Å². The smallest absolute Gasteiger partial charge is 0.0924 e. The Morgan fingerprint density at radius 3 is 2.41 bits per heavy atom. The summed E-state index contributed by atoms with van der Waals surface area (Å²) in [5.41, 5.74) is 3.06. The maximum Gasteiger partial charge on any atom is 0.0924 e. The molecule has 2 N–H and O–H groups in total. The molecule has 2 aromatic heterocycles. The molecule has 0 unspecified atom stereocenters. The first-order valence-corrected chi connectivity index (χ1v) is 5.19. The maximum absolute atomic E-state index is 4.44. The molecule has 0 aromatic carbocycles. The third kappa shape index (κ3) is 2.57. The number of aliphatic imine (C=N–C) groups is 1. The number of imidazole rings is 2. The van der Waals surface area contributed by atoms with Gasteiger partial charge in [-0.3, -0.25) is 0 Å². The fourth-order valence-electron chi connectivity index (χ4n) is 1.36. The number of hydrogen-bond donors (Lipinski definition) is 2. The standard InChI is InChI=1S/C12H13N5/c1-3-4-10(12-6-14-8-16-12)17-9(2)11-5-13-7-15-11/h3-8H,2H2,1H3,(H,13,15)(H,14,16)/b4-3-,17-10?. The van der Waals surface area contributed by atoms with E-state index in [0.29, 0.717) is 5.70 Å². The Morgan fingerprint density at radius 2 is 1.88 bits per heavy atom. The Labute approximate surface area is 99.1 Å². The molecule has 0 bridgehead atoms. The third-order valence-corrected chi connectivity index (χ3v) is 2.16. The first-order chi connectivity index (χ1) is 8.31. The van der Waals surface area contributed by atoms with E-state index in [1.807, 2.05) is 19.1 Å². The summed E-state index contributed by atoms with van der Waals surface area (Å²) in [5.74, 6) is 0. The molecule has 0 atom stereocenters. The van der Waals surface area contributed by atoms with Crippen LogP contribution in [0.15, 0.2) is 48.8 Å². The molecule has 2 rings (SSSR count). The quantitative estimate of drug-likeness (QED) is 0.786. The minimum Gasteiger partial charge on any atom is -0.343 e.